The van der Waals surface area contributed by atoms with Gasteiger partial charge in [-0.3, -0.25) is 4.79 Å². The summed E-state index contributed by atoms with van der Waals surface area (Å²) in [7, 11) is 0. The van der Waals surface area contributed by atoms with Crippen LogP contribution in [-0.2, 0) is 11.2 Å². The Labute approximate surface area is 99.0 Å². The Morgan fingerprint density at radius 1 is 1.35 bits per heavy atom. The smallest absolute Gasteiger partial charge is 0.236 e. The summed E-state index contributed by atoms with van der Waals surface area (Å²) in [5.41, 5.74) is 5.35. The number of rotatable bonds is 4. The molecule has 0 aromatic heterocycles. The first-order valence-electron chi connectivity index (χ1n) is 5.40. The standard InChI is InChI=1S/C12H16F2N2O/c1-7(16-12(17)8(2)15)6-9-10(13)4-3-5-11(9)14/h3-5,7-8H,6,15H2,1-2H3,(H,16,17)/t7?,8-/m1/s1. The normalized spacial score (nSPS) is 14.2. The number of hydrogen-bond acceptors (Lipinski definition) is 2. The third-order valence-electron chi connectivity index (χ3n) is 2.37. The van der Waals surface area contributed by atoms with Crippen molar-refractivity contribution in [2.75, 3.05) is 0 Å². The molecule has 0 fully saturated rings. The number of carbonyl (C=O) groups is 1. The zero-order chi connectivity index (χ0) is 13.0. The zero-order valence-corrected chi connectivity index (χ0v) is 9.84. The number of halogens is 2. The fraction of sp³-hybridized carbons (Fsp3) is 0.417. The van der Waals surface area contributed by atoms with E-state index in [-0.39, 0.29) is 23.9 Å². The predicted octanol–water partition coefficient (Wildman–Crippen LogP) is 1.36. The molecule has 0 aliphatic rings. The number of amides is 1. The molecule has 0 spiro atoms. The Morgan fingerprint density at radius 2 is 1.88 bits per heavy atom. The van der Waals surface area contributed by atoms with E-state index < -0.39 is 17.7 Å². The lowest BCUT2D eigenvalue weighted by Crippen LogP contribution is -2.43. The summed E-state index contributed by atoms with van der Waals surface area (Å²) in [5.74, 6) is -1.55. The molecule has 1 rings (SSSR count). The van der Waals surface area contributed by atoms with E-state index in [4.69, 9.17) is 5.73 Å². The third kappa shape index (κ3) is 3.78. The lowest BCUT2D eigenvalue weighted by molar-refractivity contribution is -0.122. The summed E-state index contributed by atoms with van der Waals surface area (Å²) >= 11 is 0. The topological polar surface area (TPSA) is 55.1 Å². The number of nitrogens with two attached hydrogens (primary N) is 1. The Hall–Kier alpha value is -1.49. The van der Waals surface area contributed by atoms with Crippen LogP contribution in [0, 0.1) is 11.6 Å². The van der Waals surface area contributed by atoms with Crippen molar-refractivity contribution >= 4 is 5.91 Å². The lowest BCUT2D eigenvalue weighted by Gasteiger charge is -2.16. The molecular formula is C12H16F2N2O. The van der Waals surface area contributed by atoms with E-state index in [2.05, 4.69) is 5.32 Å². The Bertz CT molecular complexity index is 387. The Kier molecular flexibility index (Phi) is 4.57. The van der Waals surface area contributed by atoms with Crippen LogP contribution in [0.4, 0.5) is 8.78 Å². The summed E-state index contributed by atoms with van der Waals surface area (Å²) in [4.78, 5) is 11.3. The highest BCUT2D eigenvalue weighted by molar-refractivity contribution is 5.81. The molecule has 0 aliphatic carbocycles. The van der Waals surface area contributed by atoms with Gasteiger partial charge in [-0.15, -0.1) is 0 Å². The highest BCUT2D eigenvalue weighted by atomic mass is 19.1. The molecule has 0 bridgehead atoms. The summed E-state index contributed by atoms with van der Waals surface area (Å²) in [6.45, 7) is 3.22. The van der Waals surface area contributed by atoms with Crippen molar-refractivity contribution in [3.63, 3.8) is 0 Å². The minimum absolute atomic E-state index is 0.0232. The second-order valence-electron chi connectivity index (χ2n) is 4.10. The summed E-state index contributed by atoms with van der Waals surface area (Å²) in [6.07, 6.45) is 0.0942. The molecule has 3 N–H and O–H groups in total. The molecule has 1 unspecified atom stereocenters. The van der Waals surface area contributed by atoms with Gasteiger partial charge in [0.1, 0.15) is 11.6 Å². The van der Waals surface area contributed by atoms with E-state index in [0.717, 1.165) is 0 Å². The Morgan fingerprint density at radius 3 is 2.35 bits per heavy atom. The average Bonchev–Trinajstić information content (AvgIpc) is 2.23. The van der Waals surface area contributed by atoms with Crippen molar-refractivity contribution < 1.29 is 13.6 Å². The fourth-order valence-corrected chi connectivity index (χ4v) is 1.46. The highest BCUT2D eigenvalue weighted by Crippen LogP contribution is 2.14. The second kappa shape index (κ2) is 5.72. The minimum Gasteiger partial charge on any atom is -0.352 e. The maximum absolute atomic E-state index is 13.3. The van der Waals surface area contributed by atoms with Crippen LogP contribution in [0.25, 0.3) is 0 Å². The van der Waals surface area contributed by atoms with Crippen molar-refractivity contribution in [1.82, 2.24) is 5.32 Å². The molecule has 0 saturated carbocycles. The SMILES string of the molecule is CC(Cc1c(F)cccc1F)NC(=O)[C@@H](C)N. The van der Waals surface area contributed by atoms with Gasteiger partial charge in [0.25, 0.3) is 0 Å². The number of carbonyl (C=O) groups excluding carboxylic acids is 1. The van der Waals surface area contributed by atoms with Gasteiger partial charge in [-0.05, 0) is 32.4 Å². The van der Waals surface area contributed by atoms with Crippen molar-refractivity contribution in [3.8, 4) is 0 Å². The maximum Gasteiger partial charge on any atom is 0.236 e. The van der Waals surface area contributed by atoms with Crippen LogP contribution < -0.4 is 11.1 Å². The quantitative estimate of drug-likeness (QED) is 0.837. The van der Waals surface area contributed by atoms with E-state index in [9.17, 15) is 13.6 Å². The van der Waals surface area contributed by atoms with Crippen LogP contribution in [0.3, 0.4) is 0 Å². The first-order valence-corrected chi connectivity index (χ1v) is 5.40. The minimum atomic E-state index is -0.636. The molecule has 0 aliphatic heterocycles. The van der Waals surface area contributed by atoms with E-state index in [1.165, 1.54) is 18.2 Å². The molecule has 1 aromatic carbocycles. The first-order chi connectivity index (χ1) is 7.91. The monoisotopic (exact) mass is 242 g/mol. The van der Waals surface area contributed by atoms with Gasteiger partial charge in [-0.2, -0.15) is 0 Å². The maximum atomic E-state index is 13.3. The Balaban J connectivity index is 2.68. The summed E-state index contributed by atoms with van der Waals surface area (Å²) < 4.78 is 26.7. The second-order valence-corrected chi connectivity index (χ2v) is 4.10. The van der Waals surface area contributed by atoms with Gasteiger partial charge in [-0.25, -0.2) is 8.78 Å². The number of nitrogens with one attached hydrogen (secondary N) is 1. The van der Waals surface area contributed by atoms with Crippen LogP contribution in [0.1, 0.15) is 19.4 Å². The van der Waals surface area contributed by atoms with Crippen LogP contribution in [0.5, 0.6) is 0 Å². The van der Waals surface area contributed by atoms with Crippen molar-refractivity contribution in [1.29, 1.82) is 0 Å². The van der Waals surface area contributed by atoms with Crippen molar-refractivity contribution in [3.05, 3.63) is 35.4 Å². The fourth-order valence-electron chi connectivity index (χ4n) is 1.46. The molecule has 0 saturated heterocycles. The van der Waals surface area contributed by atoms with Crippen molar-refractivity contribution in [2.45, 2.75) is 32.4 Å². The number of benzene rings is 1. The predicted molar refractivity (Wildman–Crippen MR) is 61.3 cm³/mol. The van der Waals surface area contributed by atoms with Crippen LogP contribution >= 0.6 is 0 Å². The largest absolute Gasteiger partial charge is 0.352 e. The summed E-state index contributed by atoms with van der Waals surface area (Å²) in [5, 5.41) is 2.58. The first kappa shape index (κ1) is 13.6. The van der Waals surface area contributed by atoms with Gasteiger partial charge in [0.05, 0.1) is 6.04 Å². The zero-order valence-electron chi connectivity index (χ0n) is 9.84. The van der Waals surface area contributed by atoms with Gasteiger partial charge in [0.15, 0.2) is 0 Å². The molecule has 0 heterocycles. The summed E-state index contributed by atoms with van der Waals surface area (Å²) in [6, 6.07) is 2.68. The molecule has 3 nitrogen and oxygen atoms in total. The van der Waals surface area contributed by atoms with Crippen LogP contribution in [0.2, 0.25) is 0 Å². The van der Waals surface area contributed by atoms with Gasteiger partial charge < -0.3 is 11.1 Å². The van der Waals surface area contributed by atoms with Crippen molar-refractivity contribution in [2.24, 2.45) is 5.73 Å². The highest BCUT2D eigenvalue weighted by Gasteiger charge is 2.15. The third-order valence-corrected chi connectivity index (χ3v) is 2.37. The van der Waals surface area contributed by atoms with E-state index in [1.807, 2.05) is 0 Å². The van der Waals surface area contributed by atoms with Gasteiger partial charge in [-0.1, -0.05) is 6.07 Å². The van der Waals surface area contributed by atoms with Gasteiger partial charge in [0, 0.05) is 11.6 Å². The lowest BCUT2D eigenvalue weighted by atomic mass is 10.1. The molecule has 2 atom stereocenters. The van der Waals surface area contributed by atoms with Gasteiger partial charge in [0.2, 0.25) is 5.91 Å². The number of hydrogen-bond donors (Lipinski definition) is 2. The van der Waals surface area contributed by atoms with E-state index in [0.29, 0.717) is 0 Å². The molecule has 17 heavy (non-hydrogen) atoms. The van der Waals surface area contributed by atoms with E-state index in [1.54, 1.807) is 13.8 Å². The molecule has 1 amide bonds. The molecule has 94 valence electrons. The average molecular weight is 242 g/mol. The van der Waals surface area contributed by atoms with Crippen LogP contribution in [0.15, 0.2) is 18.2 Å². The molecular weight excluding hydrogens is 226 g/mol. The molecule has 0 radical (unpaired) electrons. The van der Waals surface area contributed by atoms with Crippen LogP contribution in [-0.4, -0.2) is 18.0 Å². The van der Waals surface area contributed by atoms with E-state index >= 15 is 0 Å². The molecule has 1 aromatic rings. The molecule has 5 heteroatoms. The van der Waals surface area contributed by atoms with Gasteiger partial charge >= 0.3 is 0 Å².